The summed E-state index contributed by atoms with van der Waals surface area (Å²) >= 11 is 0. The molecule has 1 aromatic rings. The second-order valence-electron chi connectivity index (χ2n) is 5.19. The molecule has 0 spiro atoms. The van der Waals surface area contributed by atoms with E-state index in [4.69, 9.17) is 10.8 Å². The average Bonchev–Trinajstić information content (AvgIpc) is 2.15. The molecule has 0 amide bonds. The number of rotatable bonds is 6. The Labute approximate surface area is 103 Å². The van der Waals surface area contributed by atoms with Crippen molar-refractivity contribution in [3.63, 3.8) is 0 Å². The van der Waals surface area contributed by atoms with Crippen LogP contribution in [0.2, 0.25) is 0 Å². The summed E-state index contributed by atoms with van der Waals surface area (Å²) in [7, 11) is 0. The molecule has 0 aromatic heterocycles. The van der Waals surface area contributed by atoms with Crippen molar-refractivity contribution < 1.29 is 9.90 Å². The largest absolute Gasteiger partial charge is 0.481 e. The minimum atomic E-state index is -0.830. The molecule has 0 bridgehead atoms. The zero-order valence-electron chi connectivity index (χ0n) is 10.5. The van der Waals surface area contributed by atoms with E-state index in [2.05, 4.69) is 13.8 Å². The highest BCUT2D eigenvalue weighted by molar-refractivity contribution is 5.68. The number of nitrogens with two attached hydrogens (primary N) is 1. The maximum atomic E-state index is 10.9. The Bertz CT molecular complexity index is 362. The normalized spacial score (nSPS) is 14.6. The van der Waals surface area contributed by atoms with Gasteiger partial charge in [0.25, 0.3) is 0 Å². The number of benzene rings is 1. The summed E-state index contributed by atoms with van der Waals surface area (Å²) in [6.07, 6.45) is 1.34. The summed E-state index contributed by atoms with van der Waals surface area (Å²) in [6, 6.07) is 9.83. The number of carbonyl (C=O) groups is 1. The van der Waals surface area contributed by atoms with Crippen molar-refractivity contribution in [1.29, 1.82) is 0 Å². The Balaban J connectivity index is 2.79. The van der Waals surface area contributed by atoms with Crippen molar-refractivity contribution in [3.8, 4) is 0 Å². The SMILES string of the molecule is CC(C)C[C@@](N)(CC(=O)O)Cc1ccccc1. The monoisotopic (exact) mass is 235 g/mol. The smallest absolute Gasteiger partial charge is 0.305 e. The molecular weight excluding hydrogens is 214 g/mol. The fourth-order valence-electron chi connectivity index (χ4n) is 2.32. The van der Waals surface area contributed by atoms with E-state index in [1.807, 2.05) is 30.3 Å². The maximum absolute atomic E-state index is 10.9. The lowest BCUT2D eigenvalue weighted by Gasteiger charge is -2.30. The van der Waals surface area contributed by atoms with Crippen LogP contribution in [0, 0.1) is 5.92 Å². The van der Waals surface area contributed by atoms with Crippen LogP contribution in [0.1, 0.15) is 32.3 Å². The van der Waals surface area contributed by atoms with Gasteiger partial charge in [0.05, 0.1) is 6.42 Å². The summed E-state index contributed by atoms with van der Waals surface area (Å²) in [4.78, 5) is 10.9. The lowest BCUT2D eigenvalue weighted by atomic mass is 9.81. The molecule has 3 heteroatoms. The van der Waals surface area contributed by atoms with Crippen LogP contribution in [0.15, 0.2) is 30.3 Å². The minimum absolute atomic E-state index is 0.0140. The van der Waals surface area contributed by atoms with E-state index in [-0.39, 0.29) is 6.42 Å². The molecule has 0 saturated heterocycles. The minimum Gasteiger partial charge on any atom is -0.481 e. The van der Waals surface area contributed by atoms with Crippen molar-refractivity contribution in [3.05, 3.63) is 35.9 Å². The van der Waals surface area contributed by atoms with E-state index in [0.717, 1.165) is 5.56 Å². The van der Waals surface area contributed by atoms with Crippen LogP contribution in [0.25, 0.3) is 0 Å². The van der Waals surface area contributed by atoms with E-state index >= 15 is 0 Å². The zero-order valence-corrected chi connectivity index (χ0v) is 10.5. The summed E-state index contributed by atoms with van der Waals surface area (Å²) in [6.45, 7) is 4.13. The first kappa shape index (κ1) is 13.7. The number of carboxylic acid groups (broad SMARTS) is 1. The lowest BCUT2D eigenvalue weighted by molar-refractivity contribution is -0.138. The summed E-state index contributed by atoms with van der Waals surface area (Å²) in [5.41, 5.74) is 6.69. The zero-order chi connectivity index (χ0) is 12.9. The van der Waals surface area contributed by atoms with Gasteiger partial charge in [0, 0.05) is 5.54 Å². The van der Waals surface area contributed by atoms with Crippen molar-refractivity contribution >= 4 is 5.97 Å². The first-order valence-electron chi connectivity index (χ1n) is 5.96. The fraction of sp³-hybridized carbons (Fsp3) is 0.500. The molecule has 3 N–H and O–H groups in total. The molecule has 1 aromatic carbocycles. The van der Waals surface area contributed by atoms with Crippen LogP contribution in [-0.2, 0) is 11.2 Å². The van der Waals surface area contributed by atoms with Gasteiger partial charge in [-0.1, -0.05) is 44.2 Å². The van der Waals surface area contributed by atoms with Crippen molar-refractivity contribution in [1.82, 2.24) is 0 Å². The average molecular weight is 235 g/mol. The van der Waals surface area contributed by atoms with Crippen LogP contribution >= 0.6 is 0 Å². The number of carboxylic acids is 1. The summed E-state index contributed by atoms with van der Waals surface area (Å²) in [5, 5.41) is 8.96. The predicted molar refractivity (Wildman–Crippen MR) is 68.8 cm³/mol. The Kier molecular flexibility index (Phi) is 4.70. The van der Waals surface area contributed by atoms with Crippen LogP contribution in [0.4, 0.5) is 0 Å². The van der Waals surface area contributed by atoms with Gasteiger partial charge in [-0.05, 0) is 24.3 Å². The molecule has 0 saturated carbocycles. The van der Waals surface area contributed by atoms with Gasteiger partial charge in [-0.2, -0.15) is 0 Å². The summed E-state index contributed by atoms with van der Waals surface area (Å²) < 4.78 is 0. The van der Waals surface area contributed by atoms with Gasteiger partial charge in [-0.25, -0.2) is 0 Å². The van der Waals surface area contributed by atoms with Gasteiger partial charge in [0.1, 0.15) is 0 Å². The molecular formula is C14H21NO2. The third-order valence-corrected chi connectivity index (χ3v) is 2.72. The summed E-state index contributed by atoms with van der Waals surface area (Å²) in [5.74, 6) is -0.438. The van der Waals surface area contributed by atoms with Gasteiger partial charge in [-0.3, -0.25) is 4.79 Å². The van der Waals surface area contributed by atoms with E-state index in [0.29, 0.717) is 18.8 Å². The fourth-order valence-corrected chi connectivity index (χ4v) is 2.32. The number of aliphatic carboxylic acids is 1. The molecule has 0 unspecified atom stereocenters. The number of hydrogen-bond acceptors (Lipinski definition) is 2. The Hall–Kier alpha value is -1.35. The second kappa shape index (κ2) is 5.82. The molecule has 0 aliphatic rings. The Morgan fingerprint density at radius 1 is 1.35 bits per heavy atom. The third-order valence-electron chi connectivity index (χ3n) is 2.72. The van der Waals surface area contributed by atoms with Crippen molar-refractivity contribution in [2.24, 2.45) is 11.7 Å². The number of hydrogen-bond donors (Lipinski definition) is 2. The highest BCUT2D eigenvalue weighted by Crippen LogP contribution is 2.23. The lowest BCUT2D eigenvalue weighted by Crippen LogP contribution is -2.45. The molecule has 0 aliphatic carbocycles. The van der Waals surface area contributed by atoms with E-state index in [9.17, 15) is 4.79 Å². The van der Waals surface area contributed by atoms with Crippen LogP contribution in [0.3, 0.4) is 0 Å². The maximum Gasteiger partial charge on any atom is 0.305 e. The van der Waals surface area contributed by atoms with Gasteiger partial charge in [0.2, 0.25) is 0 Å². The van der Waals surface area contributed by atoms with Gasteiger partial charge >= 0.3 is 5.97 Å². The first-order valence-corrected chi connectivity index (χ1v) is 5.96. The molecule has 0 aliphatic heterocycles. The van der Waals surface area contributed by atoms with Gasteiger partial charge in [0.15, 0.2) is 0 Å². The topological polar surface area (TPSA) is 63.3 Å². The third kappa shape index (κ3) is 5.00. The highest BCUT2D eigenvalue weighted by Gasteiger charge is 2.29. The molecule has 1 atom stereocenters. The predicted octanol–water partition coefficient (Wildman–Crippen LogP) is 2.45. The van der Waals surface area contributed by atoms with Crippen LogP contribution in [0.5, 0.6) is 0 Å². The Morgan fingerprint density at radius 2 is 1.94 bits per heavy atom. The molecule has 0 heterocycles. The molecule has 0 radical (unpaired) electrons. The Morgan fingerprint density at radius 3 is 2.41 bits per heavy atom. The molecule has 0 fully saturated rings. The molecule has 17 heavy (non-hydrogen) atoms. The second-order valence-corrected chi connectivity index (χ2v) is 5.19. The molecule has 1 rings (SSSR count). The van der Waals surface area contributed by atoms with Gasteiger partial charge in [-0.15, -0.1) is 0 Å². The van der Waals surface area contributed by atoms with E-state index < -0.39 is 11.5 Å². The van der Waals surface area contributed by atoms with Crippen LogP contribution < -0.4 is 5.73 Å². The van der Waals surface area contributed by atoms with Crippen LogP contribution in [-0.4, -0.2) is 16.6 Å². The van der Waals surface area contributed by atoms with E-state index in [1.54, 1.807) is 0 Å². The van der Waals surface area contributed by atoms with Gasteiger partial charge < -0.3 is 10.8 Å². The standard InChI is InChI=1S/C14H21NO2/c1-11(2)8-14(15,10-13(16)17)9-12-6-4-3-5-7-12/h3-7,11H,8-10,15H2,1-2H3,(H,16,17)/t14-/m0/s1. The first-order chi connectivity index (χ1) is 7.91. The molecule has 3 nitrogen and oxygen atoms in total. The quantitative estimate of drug-likeness (QED) is 0.796. The van der Waals surface area contributed by atoms with E-state index in [1.165, 1.54) is 0 Å². The van der Waals surface area contributed by atoms with Crippen molar-refractivity contribution in [2.75, 3.05) is 0 Å². The van der Waals surface area contributed by atoms with Crippen molar-refractivity contribution in [2.45, 2.75) is 38.6 Å². The molecule has 94 valence electrons. The highest BCUT2D eigenvalue weighted by atomic mass is 16.4.